The van der Waals surface area contributed by atoms with Crippen LogP contribution in [0.25, 0.3) is 11.4 Å². The largest absolute Gasteiger partial charge is 0.354 e. The average Bonchev–Trinajstić information content (AvgIpc) is 3.14. The number of hydrogen-bond donors (Lipinski definition) is 1. The summed E-state index contributed by atoms with van der Waals surface area (Å²) in [4.78, 5) is 8.62. The first-order valence-corrected chi connectivity index (χ1v) is 6.91. The number of nitrogens with one attached hydrogen (secondary N) is 1. The molecule has 1 aliphatic heterocycles. The summed E-state index contributed by atoms with van der Waals surface area (Å²) in [7, 11) is 1.96. The predicted molar refractivity (Wildman–Crippen MR) is 77.7 cm³/mol. The molecule has 3 aromatic rings. The third kappa shape index (κ3) is 1.97. The van der Waals surface area contributed by atoms with E-state index in [2.05, 4.69) is 25.5 Å². The fraction of sp³-hybridized carbons (Fsp3) is 0.286. The molecule has 4 heterocycles. The average molecular weight is 281 g/mol. The van der Waals surface area contributed by atoms with E-state index in [1.807, 2.05) is 40.8 Å². The molecule has 1 atom stereocenters. The summed E-state index contributed by atoms with van der Waals surface area (Å²) in [6.45, 7) is 0.879. The summed E-state index contributed by atoms with van der Waals surface area (Å²) in [5.41, 5.74) is 2.11. The van der Waals surface area contributed by atoms with Gasteiger partial charge >= 0.3 is 0 Å². The van der Waals surface area contributed by atoms with Gasteiger partial charge in [-0.05, 0) is 24.6 Å². The summed E-state index contributed by atoms with van der Waals surface area (Å²) in [6.07, 6.45) is 6.28. The minimum atomic E-state index is 0.164. The van der Waals surface area contributed by atoms with Crippen LogP contribution in [0.3, 0.4) is 0 Å². The van der Waals surface area contributed by atoms with Crippen LogP contribution in [0.1, 0.15) is 18.2 Å². The molecule has 0 radical (unpaired) electrons. The van der Waals surface area contributed by atoms with Crippen LogP contribution < -0.4 is 5.32 Å². The van der Waals surface area contributed by atoms with Crippen molar-refractivity contribution in [3.63, 3.8) is 0 Å². The van der Waals surface area contributed by atoms with E-state index in [-0.39, 0.29) is 6.04 Å². The lowest BCUT2D eigenvalue weighted by atomic mass is 10.1. The fourth-order valence-corrected chi connectivity index (χ4v) is 2.71. The minimum absolute atomic E-state index is 0.164. The zero-order chi connectivity index (χ0) is 14.2. The topological polar surface area (TPSA) is 73.5 Å². The standard InChI is InChI=1S/C14H15N7/c1-20-11(5-9-17-20)12-4-8-16-14-18-13(19-21(12)14)10-2-6-15-7-3-10/h2-3,5-7,9,12H,4,8H2,1H3,(H,16,18,19). The molecule has 0 amide bonds. The van der Waals surface area contributed by atoms with E-state index < -0.39 is 0 Å². The van der Waals surface area contributed by atoms with Gasteiger partial charge in [-0.3, -0.25) is 9.67 Å². The number of anilines is 1. The molecular weight excluding hydrogens is 266 g/mol. The highest BCUT2D eigenvalue weighted by Gasteiger charge is 2.26. The maximum absolute atomic E-state index is 4.67. The molecule has 7 nitrogen and oxygen atoms in total. The lowest BCUT2D eigenvalue weighted by Gasteiger charge is -2.24. The zero-order valence-electron chi connectivity index (χ0n) is 11.6. The van der Waals surface area contributed by atoms with Crippen molar-refractivity contribution >= 4 is 5.95 Å². The molecule has 0 aliphatic carbocycles. The molecule has 0 saturated heterocycles. The fourth-order valence-electron chi connectivity index (χ4n) is 2.71. The van der Waals surface area contributed by atoms with Gasteiger partial charge in [-0.25, -0.2) is 4.68 Å². The quantitative estimate of drug-likeness (QED) is 0.770. The van der Waals surface area contributed by atoms with Crippen LogP contribution in [-0.2, 0) is 7.05 Å². The van der Waals surface area contributed by atoms with Crippen molar-refractivity contribution in [2.24, 2.45) is 7.05 Å². The van der Waals surface area contributed by atoms with Crippen molar-refractivity contribution in [2.75, 3.05) is 11.9 Å². The minimum Gasteiger partial charge on any atom is -0.354 e. The Morgan fingerprint density at radius 3 is 2.81 bits per heavy atom. The highest BCUT2D eigenvalue weighted by Crippen LogP contribution is 2.29. The molecule has 4 rings (SSSR count). The van der Waals surface area contributed by atoms with E-state index in [1.54, 1.807) is 12.4 Å². The van der Waals surface area contributed by atoms with Gasteiger partial charge in [0, 0.05) is 37.7 Å². The van der Waals surface area contributed by atoms with Gasteiger partial charge in [0.05, 0.1) is 11.7 Å². The second-order valence-electron chi connectivity index (χ2n) is 5.05. The molecule has 1 aliphatic rings. The van der Waals surface area contributed by atoms with E-state index in [9.17, 15) is 0 Å². The van der Waals surface area contributed by atoms with E-state index >= 15 is 0 Å². The number of aryl methyl sites for hydroxylation is 1. The van der Waals surface area contributed by atoms with Crippen molar-refractivity contribution in [1.29, 1.82) is 0 Å². The van der Waals surface area contributed by atoms with Crippen LogP contribution in [-0.4, -0.2) is 36.1 Å². The molecule has 0 bridgehead atoms. The van der Waals surface area contributed by atoms with Crippen LogP contribution in [0, 0.1) is 0 Å². The van der Waals surface area contributed by atoms with Gasteiger partial charge in [-0.15, -0.1) is 5.10 Å². The van der Waals surface area contributed by atoms with Crippen LogP contribution >= 0.6 is 0 Å². The highest BCUT2D eigenvalue weighted by molar-refractivity contribution is 5.55. The molecule has 1 unspecified atom stereocenters. The van der Waals surface area contributed by atoms with Crippen molar-refractivity contribution in [2.45, 2.75) is 12.5 Å². The van der Waals surface area contributed by atoms with Gasteiger partial charge in [0.15, 0.2) is 5.82 Å². The summed E-state index contributed by atoms with van der Waals surface area (Å²) >= 11 is 0. The van der Waals surface area contributed by atoms with Gasteiger partial charge in [-0.1, -0.05) is 0 Å². The van der Waals surface area contributed by atoms with Gasteiger partial charge in [-0.2, -0.15) is 10.1 Å². The molecule has 0 saturated carbocycles. The Morgan fingerprint density at radius 2 is 2.05 bits per heavy atom. The van der Waals surface area contributed by atoms with Gasteiger partial charge in [0.1, 0.15) is 0 Å². The lowest BCUT2D eigenvalue weighted by molar-refractivity contribution is 0.452. The Morgan fingerprint density at radius 1 is 1.19 bits per heavy atom. The number of rotatable bonds is 2. The van der Waals surface area contributed by atoms with Crippen molar-refractivity contribution in [3.8, 4) is 11.4 Å². The SMILES string of the molecule is Cn1nccc1C1CCNc2nc(-c3ccncc3)nn21. The number of fused-ring (bicyclic) bond motifs is 1. The maximum Gasteiger partial charge on any atom is 0.222 e. The second kappa shape index (κ2) is 4.69. The third-order valence-electron chi connectivity index (χ3n) is 3.77. The van der Waals surface area contributed by atoms with Crippen molar-refractivity contribution in [3.05, 3.63) is 42.5 Å². The first kappa shape index (κ1) is 12.1. The summed E-state index contributed by atoms with van der Waals surface area (Å²) in [5.74, 6) is 1.52. The van der Waals surface area contributed by atoms with Crippen LogP contribution in [0.15, 0.2) is 36.8 Å². The molecule has 0 fully saturated rings. The monoisotopic (exact) mass is 281 g/mol. The van der Waals surface area contributed by atoms with E-state index in [0.29, 0.717) is 5.82 Å². The van der Waals surface area contributed by atoms with Crippen LogP contribution in [0.2, 0.25) is 0 Å². The maximum atomic E-state index is 4.67. The Kier molecular flexibility index (Phi) is 2.70. The molecule has 21 heavy (non-hydrogen) atoms. The molecular formula is C14H15N7. The molecule has 106 valence electrons. The molecule has 0 aromatic carbocycles. The number of aromatic nitrogens is 6. The Hall–Kier alpha value is -2.70. The molecule has 7 heteroatoms. The predicted octanol–water partition coefficient (Wildman–Crippen LogP) is 1.48. The summed E-state index contributed by atoms with van der Waals surface area (Å²) < 4.78 is 3.85. The van der Waals surface area contributed by atoms with Crippen LogP contribution in [0.5, 0.6) is 0 Å². The first-order chi connectivity index (χ1) is 10.3. The van der Waals surface area contributed by atoms with E-state index in [0.717, 1.165) is 30.2 Å². The second-order valence-corrected chi connectivity index (χ2v) is 5.05. The number of nitrogens with zero attached hydrogens (tertiary/aromatic N) is 6. The number of hydrogen-bond acceptors (Lipinski definition) is 5. The summed E-state index contributed by atoms with van der Waals surface area (Å²) in [5, 5.41) is 12.2. The third-order valence-corrected chi connectivity index (χ3v) is 3.77. The lowest BCUT2D eigenvalue weighted by Crippen LogP contribution is -2.26. The molecule has 0 spiro atoms. The van der Waals surface area contributed by atoms with Crippen LogP contribution in [0.4, 0.5) is 5.95 Å². The van der Waals surface area contributed by atoms with Gasteiger partial charge in [0.25, 0.3) is 0 Å². The zero-order valence-corrected chi connectivity index (χ0v) is 11.6. The van der Waals surface area contributed by atoms with Gasteiger partial charge in [0.2, 0.25) is 5.95 Å². The normalized spacial score (nSPS) is 17.3. The number of pyridine rings is 1. The Bertz CT molecular complexity index is 759. The Labute approximate surface area is 121 Å². The van der Waals surface area contributed by atoms with E-state index in [1.165, 1.54) is 0 Å². The molecule has 3 aromatic heterocycles. The molecule has 1 N–H and O–H groups in total. The van der Waals surface area contributed by atoms with Crippen molar-refractivity contribution < 1.29 is 0 Å². The highest BCUT2D eigenvalue weighted by atomic mass is 15.4. The van der Waals surface area contributed by atoms with Crippen molar-refractivity contribution in [1.82, 2.24) is 29.5 Å². The smallest absolute Gasteiger partial charge is 0.222 e. The Balaban J connectivity index is 1.79. The first-order valence-electron chi connectivity index (χ1n) is 6.91. The van der Waals surface area contributed by atoms with E-state index in [4.69, 9.17) is 0 Å². The van der Waals surface area contributed by atoms with Gasteiger partial charge < -0.3 is 5.32 Å². The summed E-state index contributed by atoms with van der Waals surface area (Å²) in [6, 6.07) is 6.03.